The molecule has 3 aliphatic carbocycles. The molecule has 3 fully saturated rings. The van der Waals surface area contributed by atoms with Crippen LogP contribution in [0, 0.1) is 45.3 Å². The quantitative estimate of drug-likeness (QED) is 0.833. The number of fused-ring (bicyclic) bond motifs is 3. The minimum atomic E-state index is -1.10. The lowest BCUT2D eigenvalue weighted by Gasteiger charge is -2.55. The van der Waals surface area contributed by atoms with Crippen molar-refractivity contribution in [3.63, 3.8) is 0 Å². The maximum Gasteiger partial charge on any atom is 0.156 e. The Morgan fingerprint density at radius 2 is 1.91 bits per heavy atom. The molecular formula is C19H18N2O. The van der Waals surface area contributed by atoms with Crippen molar-refractivity contribution < 1.29 is 4.79 Å². The average molecular weight is 290 g/mol. The lowest BCUT2D eigenvalue weighted by molar-refractivity contribution is -0.143. The van der Waals surface area contributed by atoms with Crippen LogP contribution in [0.2, 0.25) is 0 Å². The molecule has 0 heterocycles. The van der Waals surface area contributed by atoms with E-state index in [2.05, 4.69) is 12.1 Å². The van der Waals surface area contributed by atoms with Crippen molar-refractivity contribution in [2.75, 3.05) is 0 Å². The topological polar surface area (TPSA) is 64.7 Å². The summed E-state index contributed by atoms with van der Waals surface area (Å²) in [6.45, 7) is 1.93. The van der Waals surface area contributed by atoms with Gasteiger partial charge in [-0.1, -0.05) is 49.4 Å². The van der Waals surface area contributed by atoms with Crippen molar-refractivity contribution in [3.05, 3.63) is 42.0 Å². The molecule has 0 aliphatic heterocycles. The summed E-state index contributed by atoms with van der Waals surface area (Å²) in [4.78, 5) is 12.3. The molecule has 110 valence electrons. The SMILES string of the molecule is C[C@@]12CC[C@@H](C(=O)C1)[C@H](/C=C/c1ccccc1)C2(C#N)C#N. The highest BCUT2D eigenvalue weighted by Crippen LogP contribution is 2.62. The zero-order chi connectivity index (χ0) is 15.8. The second kappa shape index (κ2) is 5.11. The fraction of sp³-hybridized carbons (Fsp3) is 0.421. The van der Waals surface area contributed by atoms with Crippen LogP contribution in [-0.2, 0) is 4.79 Å². The van der Waals surface area contributed by atoms with Gasteiger partial charge in [0.05, 0.1) is 12.1 Å². The van der Waals surface area contributed by atoms with Crippen LogP contribution >= 0.6 is 0 Å². The number of nitriles is 2. The molecule has 0 aromatic heterocycles. The predicted molar refractivity (Wildman–Crippen MR) is 83.1 cm³/mol. The molecule has 4 rings (SSSR count). The summed E-state index contributed by atoms with van der Waals surface area (Å²) in [7, 11) is 0. The molecule has 0 N–H and O–H groups in total. The van der Waals surface area contributed by atoms with Crippen LogP contribution in [0.4, 0.5) is 0 Å². The summed E-state index contributed by atoms with van der Waals surface area (Å²) in [6.07, 6.45) is 5.77. The summed E-state index contributed by atoms with van der Waals surface area (Å²) in [5.41, 5.74) is -0.616. The van der Waals surface area contributed by atoms with Crippen molar-refractivity contribution in [2.24, 2.45) is 22.7 Å². The van der Waals surface area contributed by atoms with Crippen molar-refractivity contribution >= 4 is 11.9 Å². The molecule has 0 saturated heterocycles. The minimum absolute atomic E-state index is 0.193. The zero-order valence-electron chi connectivity index (χ0n) is 12.6. The highest BCUT2D eigenvalue weighted by molar-refractivity contribution is 5.85. The Morgan fingerprint density at radius 1 is 1.23 bits per heavy atom. The third-order valence-electron chi connectivity index (χ3n) is 5.52. The van der Waals surface area contributed by atoms with Crippen LogP contribution < -0.4 is 0 Å². The predicted octanol–water partition coefficient (Wildman–Crippen LogP) is 3.74. The highest BCUT2D eigenvalue weighted by atomic mass is 16.1. The number of carbonyl (C=O) groups excluding carboxylic acids is 1. The Morgan fingerprint density at radius 3 is 2.50 bits per heavy atom. The van der Waals surface area contributed by atoms with E-state index in [1.165, 1.54) is 0 Å². The molecule has 3 aliphatic rings. The van der Waals surface area contributed by atoms with Gasteiger partial charge < -0.3 is 0 Å². The number of hydrogen-bond acceptors (Lipinski definition) is 3. The van der Waals surface area contributed by atoms with E-state index in [1.54, 1.807) is 0 Å². The molecule has 0 amide bonds. The molecule has 2 bridgehead atoms. The molecule has 3 heteroatoms. The van der Waals surface area contributed by atoms with E-state index in [9.17, 15) is 15.3 Å². The summed E-state index contributed by atoms with van der Waals surface area (Å²) in [6, 6.07) is 14.3. The van der Waals surface area contributed by atoms with Gasteiger partial charge in [-0.15, -0.1) is 0 Å². The van der Waals surface area contributed by atoms with Gasteiger partial charge in [0.2, 0.25) is 0 Å². The summed E-state index contributed by atoms with van der Waals surface area (Å²) in [5.74, 6) is -0.304. The number of rotatable bonds is 2. The highest BCUT2D eigenvalue weighted by Gasteiger charge is 2.64. The summed E-state index contributed by atoms with van der Waals surface area (Å²) in [5, 5.41) is 19.5. The largest absolute Gasteiger partial charge is 0.299 e. The Bertz CT molecular complexity index is 693. The number of carbonyl (C=O) groups is 1. The van der Waals surface area contributed by atoms with Gasteiger partial charge in [-0.3, -0.25) is 4.79 Å². The van der Waals surface area contributed by atoms with Gasteiger partial charge >= 0.3 is 0 Å². The van der Waals surface area contributed by atoms with Crippen LogP contribution in [0.5, 0.6) is 0 Å². The Hall–Kier alpha value is -2.39. The number of Topliss-reactive ketones (excluding diaryl/α,β-unsaturated/α-hetero) is 1. The first-order valence-electron chi connectivity index (χ1n) is 7.65. The lowest BCUT2D eigenvalue weighted by atomic mass is 9.44. The number of nitrogens with zero attached hydrogens (tertiary/aromatic N) is 2. The first-order valence-corrected chi connectivity index (χ1v) is 7.65. The second-order valence-electron chi connectivity index (χ2n) is 6.68. The molecule has 0 spiro atoms. The van der Waals surface area contributed by atoms with Gasteiger partial charge in [0, 0.05) is 23.7 Å². The van der Waals surface area contributed by atoms with Crippen LogP contribution in [0.3, 0.4) is 0 Å². The molecule has 3 atom stereocenters. The maximum absolute atomic E-state index is 12.3. The molecule has 1 aromatic carbocycles. The molecule has 3 saturated carbocycles. The summed E-state index contributed by atoms with van der Waals surface area (Å²) < 4.78 is 0. The Labute approximate surface area is 130 Å². The van der Waals surface area contributed by atoms with Crippen LogP contribution in [0.1, 0.15) is 31.7 Å². The van der Waals surface area contributed by atoms with Crippen LogP contribution in [0.15, 0.2) is 36.4 Å². The monoisotopic (exact) mass is 290 g/mol. The first kappa shape index (κ1) is 14.5. The van der Waals surface area contributed by atoms with Crippen LogP contribution in [-0.4, -0.2) is 5.78 Å². The maximum atomic E-state index is 12.3. The van der Waals surface area contributed by atoms with E-state index in [4.69, 9.17) is 0 Å². The van der Waals surface area contributed by atoms with Crippen molar-refractivity contribution in [1.29, 1.82) is 10.5 Å². The molecule has 0 unspecified atom stereocenters. The fourth-order valence-electron chi connectivity index (χ4n) is 4.16. The minimum Gasteiger partial charge on any atom is -0.299 e. The molecular weight excluding hydrogens is 272 g/mol. The van der Waals surface area contributed by atoms with E-state index in [-0.39, 0.29) is 17.6 Å². The van der Waals surface area contributed by atoms with Gasteiger partial charge in [0.1, 0.15) is 5.78 Å². The van der Waals surface area contributed by atoms with E-state index < -0.39 is 10.8 Å². The molecule has 3 nitrogen and oxygen atoms in total. The van der Waals surface area contributed by atoms with E-state index in [0.717, 1.165) is 18.4 Å². The number of benzene rings is 1. The Kier molecular flexibility index (Phi) is 3.38. The smallest absolute Gasteiger partial charge is 0.156 e. The fourth-order valence-corrected chi connectivity index (χ4v) is 4.16. The van der Waals surface area contributed by atoms with Gasteiger partial charge in [0.15, 0.2) is 5.41 Å². The number of ketones is 1. The van der Waals surface area contributed by atoms with E-state index >= 15 is 0 Å². The first-order chi connectivity index (χ1) is 10.6. The Balaban J connectivity index is 2.04. The molecule has 1 aromatic rings. The lowest BCUT2D eigenvalue weighted by Crippen LogP contribution is -2.57. The van der Waals surface area contributed by atoms with E-state index in [1.807, 2.05) is 49.4 Å². The zero-order valence-corrected chi connectivity index (χ0v) is 12.6. The number of hydrogen-bond donors (Lipinski definition) is 0. The van der Waals surface area contributed by atoms with Crippen molar-refractivity contribution in [3.8, 4) is 12.1 Å². The molecule has 0 radical (unpaired) electrons. The average Bonchev–Trinajstić information content (AvgIpc) is 2.53. The number of allylic oxidation sites excluding steroid dienone is 1. The van der Waals surface area contributed by atoms with Gasteiger partial charge in [-0.2, -0.15) is 10.5 Å². The second-order valence-corrected chi connectivity index (χ2v) is 6.68. The van der Waals surface area contributed by atoms with Crippen LogP contribution in [0.25, 0.3) is 6.08 Å². The summed E-state index contributed by atoms with van der Waals surface area (Å²) >= 11 is 0. The van der Waals surface area contributed by atoms with E-state index in [0.29, 0.717) is 6.42 Å². The van der Waals surface area contributed by atoms with Crippen molar-refractivity contribution in [2.45, 2.75) is 26.2 Å². The molecule has 22 heavy (non-hydrogen) atoms. The van der Waals surface area contributed by atoms with Gasteiger partial charge in [0.25, 0.3) is 0 Å². The third kappa shape index (κ3) is 1.90. The van der Waals surface area contributed by atoms with Gasteiger partial charge in [-0.25, -0.2) is 0 Å². The van der Waals surface area contributed by atoms with Gasteiger partial charge in [-0.05, 0) is 18.4 Å². The normalized spacial score (nSPS) is 32.6. The standard InChI is InChI=1S/C19H18N2O/c1-18-10-9-15(17(22)11-18)16(19(18,12-20)13-21)8-7-14-5-3-2-4-6-14/h2-8,15-16H,9-11H2,1H3/b8-7+/t15-,16+,18-/m1/s1. The third-order valence-corrected chi connectivity index (χ3v) is 5.52. The van der Waals surface area contributed by atoms with Crippen molar-refractivity contribution in [1.82, 2.24) is 0 Å².